The van der Waals surface area contributed by atoms with Crippen LogP contribution in [0.15, 0.2) is 63.3 Å². The van der Waals surface area contributed by atoms with E-state index in [0.717, 1.165) is 43.8 Å². The molecule has 2 aromatic carbocycles. The first-order valence-corrected chi connectivity index (χ1v) is 9.68. The Balaban J connectivity index is 1.72. The Morgan fingerprint density at radius 3 is 2.68 bits per heavy atom. The van der Waals surface area contributed by atoms with Gasteiger partial charge in [-0.1, -0.05) is 39.8 Å². The van der Waals surface area contributed by atoms with Gasteiger partial charge in [0.1, 0.15) is 5.75 Å². The van der Waals surface area contributed by atoms with Gasteiger partial charge in [-0.3, -0.25) is 0 Å². The summed E-state index contributed by atoms with van der Waals surface area (Å²) in [5.41, 5.74) is 3.04. The molecule has 0 fully saturated rings. The monoisotopic (exact) mass is 414 g/mol. The lowest BCUT2D eigenvalue weighted by Gasteiger charge is -2.14. The quantitative estimate of drug-likeness (QED) is 0.631. The number of benzene rings is 2. The number of aromatic nitrogens is 3. The number of halogens is 1. The van der Waals surface area contributed by atoms with Crippen LogP contribution >= 0.6 is 27.7 Å². The van der Waals surface area contributed by atoms with E-state index in [1.54, 1.807) is 11.8 Å². The number of hydrogen-bond acceptors (Lipinski definition) is 5. The SMILES string of the molecule is CCOc1ccc(C2=Nn3c(nnc3-c3ccccc3Br)SC2)cc1. The maximum Gasteiger partial charge on any atom is 0.212 e. The second kappa shape index (κ2) is 7.01. The van der Waals surface area contributed by atoms with Crippen LogP contribution in [0.4, 0.5) is 0 Å². The molecule has 126 valence electrons. The summed E-state index contributed by atoms with van der Waals surface area (Å²) in [7, 11) is 0. The number of hydrogen-bond donors (Lipinski definition) is 0. The van der Waals surface area contributed by atoms with Crippen molar-refractivity contribution >= 4 is 33.4 Å². The van der Waals surface area contributed by atoms with Gasteiger partial charge in [0.25, 0.3) is 0 Å². The van der Waals surface area contributed by atoms with E-state index in [1.807, 2.05) is 60.1 Å². The van der Waals surface area contributed by atoms with E-state index in [0.29, 0.717) is 6.61 Å². The second-order valence-corrected chi connectivity index (χ2v) is 7.19. The van der Waals surface area contributed by atoms with Gasteiger partial charge in [-0.05, 0) is 48.9 Å². The van der Waals surface area contributed by atoms with Gasteiger partial charge in [0.2, 0.25) is 5.16 Å². The number of thioether (sulfide) groups is 1. The molecule has 0 bridgehead atoms. The largest absolute Gasteiger partial charge is 0.494 e. The van der Waals surface area contributed by atoms with Gasteiger partial charge in [0.15, 0.2) is 5.82 Å². The highest BCUT2D eigenvalue weighted by atomic mass is 79.9. The summed E-state index contributed by atoms with van der Waals surface area (Å²) < 4.78 is 8.30. The summed E-state index contributed by atoms with van der Waals surface area (Å²) in [6.45, 7) is 2.64. The van der Waals surface area contributed by atoms with Crippen LogP contribution < -0.4 is 4.74 Å². The van der Waals surface area contributed by atoms with E-state index >= 15 is 0 Å². The Kier molecular flexibility index (Phi) is 4.59. The van der Waals surface area contributed by atoms with Crippen molar-refractivity contribution in [2.45, 2.75) is 12.1 Å². The first-order valence-electron chi connectivity index (χ1n) is 7.90. The second-order valence-electron chi connectivity index (χ2n) is 5.39. The van der Waals surface area contributed by atoms with Crippen LogP contribution in [-0.4, -0.2) is 32.9 Å². The first kappa shape index (κ1) is 16.4. The van der Waals surface area contributed by atoms with E-state index < -0.39 is 0 Å². The first-order chi connectivity index (χ1) is 12.3. The standard InChI is InChI=1S/C18H15BrN4OS/c1-2-24-13-9-7-12(8-10-13)16-11-25-18-21-20-17(23(18)22-16)14-5-3-4-6-15(14)19/h3-10H,2,11H2,1H3. The van der Waals surface area contributed by atoms with Gasteiger partial charge >= 0.3 is 0 Å². The van der Waals surface area contributed by atoms with E-state index in [-0.39, 0.29) is 0 Å². The predicted molar refractivity (Wildman–Crippen MR) is 103 cm³/mol. The smallest absolute Gasteiger partial charge is 0.212 e. The van der Waals surface area contributed by atoms with Crippen LogP contribution in [0, 0.1) is 0 Å². The third-order valence-electron chi connectivity index (χ3n) is 3.78. The predicted octanol–water partition coefficient (Wildman–Crippen LogP) is 4.46. The lowest BCUT2D eigenvalue weighted by atomic mass is 10.1. The normalized spacial score (nSPS) is 13.3. The van der Waals surface area contributed by atoms with Crippen molar-refractivity contribution < 1.29 is 4.74 Å². The minimum absolute atomic E-state index is 0.662. The fourth-order valence-electron chi connectivity index (χ4n) is 2.59. The number of ether oxygens (including phenoxy) is 1. The van der Waals surface area contributed by atoms with E-state index in [1.165, 1.54) is 0 Å². The van der Waals surface area contributed by atoms with Crippen molar-refractivity contribution in [2.75, 3.05) is 12.4 Å². The Bertz CT molecular complexity index is 937. The summed E-state index contributed by atoms with van der Waals surface area (Å²) in [5.74, 6) is 2.37. The summed E-state index contributed by atoms with van der Waals surface area (Å²) in [5, 5.41) is 14.2. The van der Waals surface area contributed by atoms with Crippen LogP contribution in [0.3, 0.4) is 0 Å². The van der Waals surface area contributed by atoms with Crippen LogP contribution in [-0.2, 0) is 0 Å². The number of nitrogens with zero attached hydrogens (tertiary/aromatic N) is 4. The molecular weight excluding hydrogens is 400 g/mol. The van der Waals surface area contributed by atoms with E-state index in [2.05, 4.69) is 26.1 Å². The molecule has 7 heteroatoms. The molecule has 1 aliphatic rings. The zero-order valence-electron chi connectivity index (χ0n) is 13.5. The molecule has 0 spiro atoms. The molecule has 0 atom stereocenters. The molecule has 4 rings (SSSR count). The van der Waals surface area contributed by atoms with Crippen molar-refractivity contribution in [1.29, 1.82) is 0 Å². The van der Waals surface area contributed by atoms with E-state index in [4.69, 9.17) is 9.84 Å². The fourth-order valence-corrected chi connectivity index (χ4v) is 3.89. The van der Waals surface area contributed by atoms with Crippen molar-refractivity contribution in [1.82, 2.24) is 14.9 Å². The maximum atomic E-state index is 5.51. The molecule has 0 radical (unpaired) electrons. The maximum absolute atomic E-state index is 5.51. The minimum Gasteiger partial charge on any atom is -0.494 e. The average molecular weight is 415 g/mol. The van der Waals surface area contributed by atoms with Crippen molar-refractivity contribution in [3.05, 3.63) is 58.6 Å². The van der Waals surface area contributed by atoms with Crippen LogP contribution in [0.5, 0.6) is 5.75 Å². The number of fused-ring (bicyclic) bond motifs is 1. The summed E-state index contributed by atoms with van der Waals surface area (Å²) in [4.78, 5) is 0. The average Bonchev–Trinajstić information content (AvgIpc) is 3.06. The molecule has 0 amide bonds. The van der Waals surface area contributed by atoms with Crippen molar-refractivity contribution in [3.8, 4) is 17.1 Å². The molecule has 25 heavy (non-hydrogen) atoms. The molecule has 0 aliphatic carbocycles. The summed E-state index contributed by atoms with van der Waals surface area (Å²) >= 11 is 5.22. The molecule has 1 aliphatic heterocycles. The summed E-state index contributed by atoms with van der Waals surface area (Å²) in [6, 6.07) is 16.0. The van der Waals surface area contributed by atoms with Gasteiger partial charge < -0.3 is 4.74 Å². The molecular formula is C18H15BrN4OS. The van der Waals surface area contributed by atoms with Crippen LogP contribution in [0.25, 0.3) is 11.4 Å². The molecule has 5 nitrogen and oxygen atoms in total. The number of rotatable bonds is 4. The highest BCUT2D eigenvalue weighted by molar-refractivity contribution is 9.10. The Labute approximate surface area is 158 Å². The molecule has 0 saturated heterocycles. The lowest BCUT2D eigenvalue weighted by molar-refractivity contribution is 0.340. The molecule has 0 N–H and O–H groups in total. The Hall–Kier alpha value is -2.12. The van der Waals surface area contributed by atoms with Gasteiger partial charge in [0, 0.05) is 15.8 Å². The van der Waals surface area contributed by atoms with Crippen molar-refractivity contribution in [2.24, 2.45) is 5.10 Å². The van der Waals surface area contributed by atoms with Gasteiger partial charge in [-0.2, -0.15) is 9.78 Å². The molecule has 1 aromatic heterocycles. The fraction of sp³-hybridized carbons (Fsp3) is 0.167. The zero-order valence-corrected chi connectivity index (χ0v) is 15.9. The molecule has 0 unspecified atom stereocenters. The Morgan fingerprint density at radius 1 is 1.12 bits per heavy atom. The molecule has 3 aromatic rings. The lowest BCUT2D eigenvalue weighted by Crippen LogP contribution is -2.13. The molecule has 0 saturated carbocycles. The minimum atomic E-state index is 0.662. The third kappa shape index (κ3) is 3.21. The Morgan fingerprint density at radius 2 is 1.92 bits per heavy atom. The third-order valence-corrected chi connectivity index (χ3v) is 5.41. The summed E-state index contributed by atoms with van der Waals surface area (Å²) in [6.07, 6.45) is 0. The van der Waals surface area contributed by atoms with E-state index in [9.17, 15) is 0 Å². The topological polar surface area (TPSA) is 52.3 Å². The highest BCUT2D eigenvalue weighted by Gasteiger charge is 2.21. The van der Waals surface area contributed by atoms with Crippen LogP contribution in [0.2, 0.25) is 0 Å². The van der Waals surface area contributed by atoms with Gasteiger partial charge in [-0.15, -0.1) is 10.2 Å². The van der Waals surface area contributed by atoms with Crippen LogP contribution in [0.1, 0.15) is 12.5 Å². The van der Waals surface area contributed by atoms with Crippen molar-refractivity contribution in [3.63, 3.8) is 0 Å². The highest BCUT2D eigenvalue weighted by Crippen LogP contribution is 2.32. The molecule has 2 heterocycles. The zero-order chi connectivity index (χ0) is 17.2. The van der Waals surface area contributed by atoms with Gasteiger partial charge in [0.05, 0.1) is 12.3 Å². The van der Waals surface area contributed by atoms with Gasteiger partial charge in [-0.25, -0.2) is 0 Å².